The molecule has 3 amide bonds. The van der Waals surface area contributed by atoms with Gasteiger partial charge in [-0.05, 0) is 78.6 Å². The Morgan fingerprint density at radius 3 is 2.44 bits per heavy atom. The van der Waals surface area contributed by atoms with Gasteiger partial charge >= 0.3 is 0 Å². The molecular weight excluding hydrogens is 596 g/mol. The van der Waals surface area contributed by atoms with Crippen LogP contribution < -0.4 is 10.6 Å². The van der Waals surface area contributed by atoms with E-state index >= 15 is 0 Å². The summed E-state index contributed by atoms with van der Waals surface area (Å²) in [5.74, 6) is -0.382. The minimum absolute atomic E-state index is 0.0796. The maximum Gasteiger partial charge on any atom is 0.272 e. The summed E-state index contributed by atoms with van der Waals surface area (Å²) in [5.41, 5.74) is 4.53. The fourth-order valence-electron chi connectivity index (χ4n) is 4.97. The van der Waals surface area contributed by atoms with Crippen LogP contribution in [0.5, 0.6) is 0 Å². The van der Waals surface area contributed by atoms with Gasteiger partial charge in [-0.15, -0.1) is 10.2 Å². The molecule has 13 heteroatoms. The second-order valence-corrected chi connectivity index (χ2v) is 11.2. The SMILES string of the molecule is Cc1nocc1C(=O)NC(Cc1cc(-c2ccnc(C(=O)N3CCC3)c2)ccc1Cl)C(=O)Nc1ccc(-c2nncn2C)cc1. The predicted molar refractivity (Wildman–Crippen MR) is 166 cm³/mol. The lowest BCUT2D eigenvalue weighted by Crippen LogP contribution is -2.45. The van der Waals surface area contributed by atoms with E-state index < -0.39 is 17.9 Å². The normalized spacial score (nSPS) is 13.2. The maximum absolute atomic E-state index is 13.7. The molecule has 1 aliphatic rings. The second kappa shape index (κ2) is 12.7. The van der Waals surface area contributed by atoms with Crippen molar-refractivity contribution in [1.29, 1.82) is 0 Å². The Kier molecular flexibility index (Phi) is 8.39. The molecule has 45 heavy (non-hydrogen) atoms. The van der Waals surface area contributed by atoms with Gasteiger partial charge in [-0.3, -0.25) is 19.4 Å². The lowest BCUT2D eigenvalue weighted by Gasteiger charge is -2.30. The molecule has 5 aromatic rings. The van der Waals surface area contributed by atoms with E-state index in [9.17, 15) is 14.4 Å². The zero-order chi connectivity index (χ0) is 31.5. The van der Waals surface area contributed by atoms with E-state index in [1.807, 2.05) is 37.4 Å². The standard InChI is InChI=1S/C32H29ClN8O4/c1-19-25(17-45-39-19)30(42)37-27(31(43)36-24-7-4-20(5-8-24)29-38-35-18-40(29)2)16-23-14-21(6-9-26(23)33)22-10-11-34-28(15-22)32(44)41-12-3-13-41/h4-11,14-15,17-18,27H,3,12-13,16H2,1-2H3,(H,36,43)(H,37,42). The highest BCUT2D eigenvalue weighted by molar-refractivity contribution is 6.31. The number of nitrogens with zero attached hydrogens (tertiary/aromatic N) is 6. The van der Waals surface area contributed by atoms with E-state index in [2.05, 4.69) is 31.0 Å². The molecule has 1 atom stereocenters. The Balaban J connectivity index is 1.25. The van der Waals surface area contributed by atoms with Gasteiger partial charge in [-0.2, -0.15) is 0 Å². The first kappa shape index (κ1) is 29.7. The molecule has 0 spiro atoms. The summed E-state index contributed by atoms with van der Waals surface area (Å²) in [7, 11) is 1.84. The molecule has 4 heterocycles. The van der Waals surface area contributed by atoms with E-state index in [1.54, 1.807) is 53.2 Å². The number of hydrogen-bond acceptors (Lipinski definition) is 8. The van der Waals surface area contributed by atoms with Crippen LogP contribution in [-0.2, 0) is 18.3 Å². The Hall–Kier alpha value is -5.36. The molecule has 2 N–H and O–H groups in total. The molecule has 0 bridgehead atoms. The average molecular weight is 625 g/mol. The van der Waals surface area contributed by atoms with Crippen molar-refractivity contribution in [2.45, 2.75) is 25.8 Å². The Morgan fingerprint density at radius 1 is 1.02 bits per heavy atom. The Morgan fingerprint density at radius 2 is 1.78 bits per heavy atom. The molecule has 2 aromatic carbocycles. The molecule has 3 aromatic heterocycles. The number of pyridine rings is 1. The summed E-state index contributed by atoms with van der Waals surface area (Å²) in [5, 5.41) is 17.9. The highest BCUT2D eigenvalue weighted by Crippen LogP contribution is 2.28. The van der Waals surface area contributed by atoms with Crippen LogP contribution in [0.25, 0.3) is 22.5 Å². The number of carbonyl (C=O) groups excluding carboxylic acids is 3. The minimum Gasteiger partial charge on any atom is -0.364 e. The van der Waals surface area contributed by atoms with Gasteiger partial charge < -0.3 is 24.6 Å². The van der Waals surface area contributed by atoms with Crippen LogP contribution in [0.4, 0.5) is 5.69 Å². The van der Waals surface area contributed by atoms with Gasteiger partial charge in [0.25, 0.3) is 11.8 Å². The van der Waals surface area contributed by atoms with E-state index in [1.165, 1.54) is 6.26 Å². The van der Waals surface area contributed by atoms with Crippen molar-refractivity contribution in [3.8, 4) is 22.5 Å². The first-order chi connectivity index (χ1) is 21.8. The third-order valence-electron chi connectivity index (χ3n) is 7.66. The van der Waals surface area contributed by atoms with Crippen molar-refractivity contribution in [1.82, 2.24) is 35.1 Å². The summed E-state index contributed by atoms with van der Waals surface area (Å²) >= 11 is 6.63. The Bertz CT molecular complexity index is 1880. The average Bonchev–Trinajstić information content (AvgIpc) is 3.65. The molecule has 1 saturated heterocycles. The van der Waals surface area contributed by atoms with Crippen LogP contribution in [0.2, 0.25) is 5.02 Å². The van der Waals surface area contributed by atoms with Gasteiger partial charge in [0.15, 0.2) is 5.82 Å². The number of anilines is 1. The molecule has 6 rings (SSSR count). The quantitative estimate of drug-likeness (QED) is 0.246. The van der Waals surface area contributed by atoms with Crippen LogP contribution in [0.15, 0.2) is 77.9 Å². The van der Waals surface area contributed by atoms with Crippen LogP contribution in [-0.4, -0.2) is 66.7 Å². The van der Waals surface area contributed by atoms with Gasteiger partial charge in [0.2, 0.25) is 5.91 Å². The Labute approximate surface area is 263 Å². The van der Waals surface area contributed by atoms with Crippen molar-refractivity contribution in [3.63, 3.8) is 0 Å². The molecule has 1 aliphatic heterocycles. The molecule has 0 radical (unpaired) electrons. The maximum atomic E-state index is 13.7. The molecule has 1 unspecified atom stereocenters. The van der Waals surface area contributed by atoms with Crippen molar-refractivity contribution < 1.29 is 18.9 Å². The summed E-state index contributed by atoms with van der Waals surface area (Å²) in [6.45, 7) is 3.10. The number of benzene rings is 2. The number of halogens is 1. The van der Waals surface area contributed by atoms with Gasteiger partial charge in [-0.1, -0.05) is 22.8 Å². The number of likely N-dealkylation sites (tertiary alicyclic amines) is 1. The summed E-state index contributed by atoms with van der Waals surface area (Å²) in [6.07, 6.45) is 5.51. The smallest absolute Gasteiger partial charge is 0.272 e. The topological polar surface area (TPSA) is 148 Å². The lowest BCUT2D eigenvalue weighted by molar-refractivity contribution is -0.118. The summed E-state index contributed by atoms with van der Waals surface area (Å²) in [4.78, 5) is 45.6. The van der Waals surface area contributed by atoms with E-state index in [0.717, 1.165) is 36.2 Å². The summed E-state index contributed by atoms with van der Waals surface area (Å²) in [6, 6.07) is 15.1. The number of nitrogens with one attached hydrogen (secondary N) is 2. The van der Waals surface area contributed by atoms with Crippen LogP contribution in [0, 0.1) is 6.92 Å². The van der Waals surface area contributed by atoms with E-state index in [-0.39, 0.29) is 17.9 Å². The van der Waals surface area contributed by atoms with Crippen molar-refractivity contribution in [3.05, 3.63) is 101 Å². The van der Waals surface area contributed by atoms with Gasteiger partial charge in [0.1, 0.15) is 29.9 Å². The lowest BCUT2D eigenvalue weighted by atomic mass is 9.98. The van der Waals surface area contributed by atoms with Crippen LogP contribution in [0.1, 0.15) is 38.5 Å². The molecule has 0 saturated carbocycles. The molecule has 12 nitrogen and oxygen atoms in total. The largest absolute Gasteiger partial charge is 0.364 e. The fourth-order valence-corrected chi connectivity index (χ4v) is 5.17. The third kappa shape index (κ3) is 6.46. The monoisotopic (exact) mass is 624 g/mol. The van der Waals surface area contributed by atoms with Gasteiger partial charge in [0.05, 0.1) is 5.69 Å². The molecular formula is C32H29ClN8O4. The van der Waals surface area contributed by atoms with E-state index in [4.69, 9.17) is 16.1 Å². The first-order valence-electron chi connectivity index (χ1n) is 14.3. The van der Waals surface area contributed by atoms with Crippen molar-refractivity contribution in [2.24, 2.45) is 7.05 Å². The molecule has 0 aliphatic carbocycles. The highest BCUT2D eigenvalue weighted by atomic mass is 35.5. The van der Waals surface area contributed by atoms with E-state index in [0.29, 0.717) is 33.5 Å². The zero-order valence-corrected chi connectivity index (χ0v) is 25.3. The number of aromatic nitrogens is 5. The number of amides is 3. The predicted octanol–water partition coefficient (Wildman–Crippen LogP) is 4.32. The van der Waals surface area contributed by atoms with Gasteiger partial charge in [0, 0.05) is 49.0 Å². The number of hydrogen-bond donors (Lipinski definition) is 2. The minimum atomic E-state index is -1.01. The molecule has 1 fully saturated rings. The second-order valence-electron chi connectivity index (χ2n) is 10.8. The van der Waals surface area contributed by atoms with Crippen molar-refractivity contribution in [2.75, 3.05) is 18.4 Å². The molecule has 228 valence electrons. The number of aryl methyl sites for hydroxylation is 2. The zero-order valence-electron chi connectivity index (χ0n) is 24.5. The highest BCUT2D eigenvalue weighted by Gasteiger charge is 2.26. The number of rotatable bonds is 9. The number of carbonyl (C=O) groups is 3. The van der Waals surface area contributed by atoms with Gasteiger partial charge in [-0.25, -0.2) is 0 Å². The van der Waals surface area contributed by atoms with Crippen LogP contribution in [0.3, 0.4) is 0 Å². The van der Waals surface area contributed by atoms with Crippen LogP contribution >= 0.6 is 11.6 Å². The third-order valence-corrected chi connectivity index (χ3v) is 8.03. The first-order valence-corrected chi connectivity index (χ1v) is 14.7. The fraction of sp³-hybridized carbons (Fsp3) is 0.219. The summed E-state index contributed by atoms with van der Waals surface area (Å²) < 4.78 is 6.72. The van der Waals surface area contributed by atoms with Crippen molar-refractivity contribution >= 4 is 35.0 Å².